The molecule has 0 bridgehead atoms. The van der Waals surface area contributed by atoms with Crippen molar-refractivity contribution < 1.29 is 5.11 Å². The van der Waals surface area contributed by atoms with Crippen LogP contribution < -0.4 is 5.32 Å². The van der Waals surface area contributed by atoms with Gasteiger partial charge in [-0.25, -0.2) is 0 Å². The molecule has 1 heterocycles. The van der Waals surface area contributed by atoms with Gasteiger partial charge >= 0.3 is 0 Å². The Balaban J connectivity index is 2.20. The minimum absolute atomic E-state index is 0.0691. The third-order valence-electron chi connectivity index (χ3n) is 3.50. The van der Waals surface area contributed by atoms with Crippen LogP contribution in [0.3, 0.4) is 0 Å². The van der Waals surface area contributed by atoms with Crippen LogP contribution in [-0.4, -0.2) is 23.7 Å². The molecule has 14 heavy (non-hydrogen) atoms. The van der Waals surface area contributed by atoms with E-state index in [0.29, 0.717) is 0 Å². The number of rotatable bonds is 4. The Bertz CT molecular complexity index is 272. The lowest BCUT2D eigenvalue weighted by Crippen LogP contribution is -2.44. The van der Waals surface area contributed by atoms with Crippen molar-refractivity contribution in [2.45, 2.75) is 25.3 Å². The fourth-order valence-corrected chi connectivity index (χ4v) is 2.48. The molecule has 0 aromatic carbocycles. The monoisotopic (exact) mass is 194 g/mol. The highest BCUT2D eigenvalue weighted by atomic mass is 16.3. The van der Waals surface area contributed by atoms with Crippen molar-refractivity contribution in [2.75, 3.05) is 13.7 Å². The predicted molar refractivity (Wildman–Crippen MR) is 56.0 cm³/mol. The first kappa shape index (κ1) is 9.74. The van der Waals surface area contributed by atoms with Crippen LogP contribution in [0, 0.1) is 5.41 Å². The number of hydrogen-bond donors (Lipinski definition) is 3. The summed E-state index contributed by atoms with van der Waals surface area (Å²) in [4.78, 5) is 3.22. The first-order valence-electron chi connectivity index (χ1n) is 5.24. The van der Waals surface area contributed by atoms with Crippen molar-refractivity contribution in [1.82, 2.24) is 10.3 Å². The number of aliphatic hydroxyl groups is 1. The first-order chi connectivity index (χ1) is 6.82. The van der Waals surface area contributed by atoms with E-state index in [2.05, 4.69) is 16.4 Å². The lowest BCUT2D eigenvalue weighted by molar-refractivity contribution is 0.00663. The van der Waals surface area contributed by atoms with Gasteiger partial charge in [0.15, 0.2) is 0 Å². The maximum absolute atomic E-state index is 9.48. The van der Waals surface area contributed by atoms with E-state index < -0.39 is 0 Å². The van der Waals surface area contributed by atoms with Crippen LogP contribution in [0.15, 0.2) is 18.3 Å². The Morgan fingerprint density at radius 2 is 2.43 bits per heavy atom. The van der Waals surface area contributed by atoms with Crippen molar-refractivity contribution in [3.63, 3.8) is 0 Å². The third kappa shape index (κ3) is 1.37. The van der Waals surface area contributed by atoms with E-state index in [0.717, 1.165) is 12.8 Å². The molecular formula is C11H18N2O. The number of aromatic amines is 1. The zero-order chi connectivity index (χ0) is 10.0. The van der Waals surface area contributed by atoms with Crippen molar-refractivity contribution in [3.8, 4) is 0 Å². The molecule has 1 atom stereocenters. The average Bonchev–Trinajstić information content (AvgIpc) is 2.63. The molecule has 3 heteroatoms. The summed E-state index contributed by atoms with van der Waals surface area (Å²) < 4.78 is 0. The summed E-state index contributed by atoms with van der Waals surface area (Å²) in [7, 11) is 1.96. The van der Waals surface area contributed by atoms with Crippen molar-refractivity contribution >= 4 is 0 Å². The molecule has 3 nitrogen and oxygen atoms in total. The minimum atomic E-state index is 0.0691. The van der Waals surface area contributed by atoms with Gasteiger partial charge < -0.3 is 15.4 Å². The van der Waals surface area contributed by atoms with E-state index in [1.54, 1.807) is 0 Å². The van der Waals surface area contributed by atoms with Gasteiger partial charge in [-0.3, -0.25) is 0 Å². The summed E-state index contributed by atoms with van der Waals surface area (Å²) in [5, 5.41) is 12.8. The van der Waals surface area contributed by atoms with Gasteiger partial charge in [-0.05, 0) is 32.0 Å². The van der Waals surface area contributed by atoms with Gasteiger partial charge in [-0.1, -0.05) is 6.42 Å². The van der Waals surface area contributed by atoms with E-state index >= 15 is 0 Å². The molecule has 1 aliphatic carbocycles. The second-order valence-corrected chi connectivity index (χ2v) is 4.22. The molecule has 0 amide bonds. The van der Waals surface area contributed by atoms with E-state index in [9.17, 15) is 5.11 Å². The molecule has 1 aliphatic rings. The highest BCUT2D eigenvalue weighted by Gasteiger charge is 2.43. The molecule has 1 aromatic heterocycles. The zero-order valence-electron chi connectivity index (χ0n) is 8.59. The maximum atomic E-state index is 9.48. The lowest BCUT2D eigenvalue weighted by Gasteiger charge is -2.46. The Hall–Kier alpha value is -0.800. The van der Waals surface area contributed by atoms with Crippen LogP contribution in [0.25, 0.3) is 0 Å². The molecule has 1 unspecified atom stereocenters. The number of aromatic nitrogens is 1. The third-order valence-corrected chi connectivity index (χ3v) is 3.50. The van der Waals surface area contributed by atoms with Gasteiger partial charge in [0.1, 0.15) is 0 Å². The Morgan fingerprint density at radius 3 is 2.79 bits per heavy atom. The largest absolute Gasteiger partial charge is 0.396 e. The van der Waals surface area contributed by atoms with Gasteiger partial charge in [-0.15, -0.1) is 0 Å². The van der Waals surface area contributed by atoms with Crippen LogP contribution >= 0.6 is 0 Å². The van der Waals surface area contributed by atoms with E-state index in [-0.39, 0.29) is 18.1 Å². The quantitative estimate of drug-likeness (QED) is 0.679. The standard InChI is InChI=1S/C11H18N2O/c1-12-10(9-4-2-7-13-9)11(8-14)5-3-6-11/h2,4,7,10,12-14H,3,5-6,8H2,1H3. The smallest absolute Gasteiger partial charge is 0.0549 e. The van der Waals surface area contributed by atoms with Crippen molar-refractivity contribution in [3.05, 3.63) is 24.0 Å². The second-order valence-electron chi connectivity index (χ2n) is 4.22. The van der Waals surface area contributed by atoms with Gasteiger partial charge in [0.05, 0.1) is 12.6 Å². The molecule has 3 N–H and O–H groups in total. The number of hydrogen-bond acceptors (Lipinski definition) is 2. The first-order valence-corrected chi connectivity index (χ1v) is 5.24. The lowest BCUT2D eigenvalue weighted by atomic mass is 9.64. The fraction of sp³-hybridized carbons (Fsp3) is 0.636. The molecular weight excluding hydrogens is 176 g/mol. The SMILES string of the molecule is CNC(c1ccc[nH]1)C1(CO)CCC1. The molecule has 1 aromatic rings. The highest BCUT2D eigenvalue weighted by Crippen LogP contribution is 2.49. The normalized spacial score (nSPS) is 21.6. The van der Waals surface area contributed by atoms with Crippen LogP contribution in [0.1, 0.15) is 31.0 Å². The summed E-state index contributed by atoms with van der Waals surface area (Å²) in [6.45, 7) is 0.275. The topological polar surface area (TPSA) is 48.0 Å². The number of H-pyrrole nitrogens is 1. The molecule has 1 saturated carbocycles. The van der Waals surface area contributed by atoms with E-state index in [1.807, 2.05) is 19.3 Å². The van der Waals surface area contributed by atoms with Crippen LogP contribution in [0.5, 0.6) is 0 Å². The Morgan fingerprint density at radius 1 is 1.64 bits per heavy atom. The highest BCUT2D eigenvalue weighted by molar-refractivity contribution is 5.15. The molecule has 0 radical (unpaired) electrons. The van der Waals surface area contributed by atoms with Crippen LogP contribution in [-0.2, 0) is 0 Å². The van der Waals surface area contributed by atoms with E-state index in [1.165, 1.54) is 12.1 Å². The summed E-state index contributed by atoms with van der Waals surface area (Å²) >= 11 is 0. The van der Waals surface area contributed by atoms with E-state index in [4.69, 9.17) is 0 Å². The van der Waals surface area contributed by atoms with Gasteiger partial charge in [-0.2, -0.15) is 0 Å². The summed E-state index contributed by atoms with van der Waals surface area (Å²) in [6.07, 6.45) is 5.41. The summed E-state index contributed by atoms with van der Waals surface area (Å²) in [5.74, 6) is 0. The fourth-order valence-electron chi connectivity index (χ4n) is 2.48. The van der Waals surface area contributed by atoms with Gasteiger partial charge in [0, 0.05) is 17.3 Å². The molecule has 0 aliphatic heterocycles. The Labute approximate surface area is 84.5 Å². The molecule has 78 valence electrons. The summed E-state index contributed by atoms with van der Waals surface area (Å²) in [5.41, 5.74) is 1.25. The summed E-state index contributed by atoms with van der Waals surface area (Å²) in [6, 6.07) is 4.34. The predicted octanol–water partition coefficient (Wildman–Crippen LogP) is 1.44. The maximum Gasteiger partial charge on any atom is 0.0549 e. The van der Waals surface area contributed by atoms with Crippen LogP contribution in [0.4, 0.5) is 0 Å². The molecule has 2 rings (SSSR count). The second kappa shape index (κ2) is 3.75. The minimum Gasteiger partial charge on any atom is -0.396 e. The van der Waals surface area contributed by atoms with Crippen molar-refractivity contribution in [1.29, 1.82) is 0 Å². The zero-order valence-corrected chi connectivity index (χ0v) is 8.59. The molecule has 0 saturated heterocycles. The van der Waals surface area contributed by atoms with Gasteiger partial charge in [0.25, 0.3) is 0 Å². The molecule has 1 fully saturated rings. The van der Waals surface area contributed by atoms with Crippen molar-refractivity contribution in [2.24, 2.45) is 5.41 Å². The number of aliphatic hydroxyl groups excluding tert-OH is 1. The average molecular weight is 194 g/mol. The number of nitrogens with one attached hydrogen (secondary N) is 2. The molecule has 0 spiro atoms. The Kier molecular flexibility index (Phi) is 2.61. The van der Waals surface area contributed by atoms with Gasteiger partial charge in [0.2, 0.25) is 0 Å². The van der Waals surface area contributed by atoms with Crippen LogP contribution in [0.2, 0.25) is 0 Å².